The first-order valence-corrected chi connectivity index (χ1v) is 5.56. The molecule has 0 atom stereocenters. The highest BCUT2D eigenvalue weighted by Crippen LogP contribution is 2.26. The van der Waals surface area contributed by atoms with Crippen molar-refractivity contribution in [2.75, 3.05) is 5.32 Å². The highest BCUT2D eigenvalue weighted by Gasteiger charge is 2.24. The van der Waals surface area contributed by atoms with E-state index in [9.17, 15) is 8.42 Å². The minimum atomic E-state index is -3.60. The molecule has 2 heterocycles. The SMILES string of the molecule is CC1=NS(=O)(=O)c2ccc(Cl)nc2N1. The molecule has 0 saturated carbocycles. The Morgan fingerprint density at radius 3 is 2.86 bits per heavy atom. The van der Waals surface area contributed by atoms with Gasteiger partial charge in [-0.2, -0.15) is 8.42 Å². The Labute approximate surface area is 85.9 Å². The van der Waals surface area contributed by atoms with Gasteiger partial charge in [-0.3, -0.25) is 0 Å². The summed E-state index contributed by atoms with van der Waals surface area (Å²) in [5.41, 5.74) is 0. The quantitative estimate of drug-likeness (QED) is 0.683. The van der Waals surface area contributed by atoms with Crippen molar-refractivity contribution in [3.05, 3.63) is 17.3 Å². The summed E-state index contributed by atoms with van der Waals surface area (Å²) in [7, 11) is -3.60. The van der Waals surface area contributed by atoms with Gasteiger partial charge in [-0.25, -0.2) is 4.98 Å². The number of nitrogens with one attached hydrogen (secondary N) is 1. The molecule has 1 aromatic rings. The number of sulfonamides is 1. The lowest BCUT2D eigenvalue weighted by molar-refractivity contribution is 0.597. The Balaban J connectivity index is 2.71. The van der Waals surface area contributed by atoms with Gasteiger partial charge in [0.1, 0.15) is 15.9 Å². The number of halogens is 1. The standard InChI is InChI=1S/C7H6ClN3O2S/c1-4-9-7-5(14(12,13)11-4)2-3-6(8)10-7/h2-3H,1H3,(H,9,10,11). The van der Waals surface area contributed by atoms with Gasteiger partial charge in [-0.05, 0) is 19.1 Å². The smallest absolute Gasteiger partial charge is 0.287 e. The molecule has 0 aliphatic carbocycles. The van der Waals surface area contributed by atoms with E-state index in [0.29, 0.717) is 0 Å². The number of amidine groups is 1. The predicted octanol–water partition coefficient (Wildman–Crippen LogP) is 1.27. The van der Waals surface area contributed by atoms with Crippen LogP contribution >= 0.6 is 11.6 Å². The number of hydrogen-bond acceptors (Lipinski definition) is 4. The van der Waals surface area contributed by atoms with E-state index in [4.69, 9.17) is 11.6 Å². The van der Waals surface area contributed by atoms with Gasteiger partial charge in [0.05, 0.1) is 0 Å². The molecule has 0 fully saturated rings. The van der Waals surface area contributed by atoms with Crippen molar-refractivity contribution in [1.29, 1.82) is 0 Å². The van der Waals surface area contributed by atoms with Crippen LogP contribution in [0.25, 0.3) is 0 Å². The van der Waals surface area contributed by atoms with Gasteiger partial charge >= 0.3 is 0 Å². The van der Waals surface area contributed by atoms with Crippen LogP contribution in [0.1, 0.15) is 6.92 Å². The first kappa shape index (κ1) is 9.42. The normalized spacial score (nSPS) is 18.0. The van der Waals surface area contributed by atoms with Gasteiger partial charge in [-0.1, -0.05) is 11.6 Å². The van der Waals surface area contributed by atoms with E-state index in [2.05, 4.69) is 14.7 Å². The number of anilines is 1. The fraction of sp³-hybridized carbons (Fsp3) is 0.143. The maximum atomic E-state index is 11.5. The largest absolute Gasteiger partial charge is 0.327 e. The van der Waals surface area contributed by atoms with E-state index in [1.54, 1.807) is 6.92 Å². The molecule has 74 valence electrons. The minimum Gasteiger partial charge on any atom is -0.327 e. The first-order chi connectivity index (χ1) is 6.49. The lowest BCUT2D eigenvalue weighted by Crippen LogP contribution is -2.19. The molecular weight excluding hydrogens is 226 g/mol. The average molecular weight is 232 g/mol. The predicted molar refractivity (Wildman–Crippen MR) is 53.2 cm³/mol. The maximum absolute atomic E-state index is 11.5. The summed E-state index contributed by atoms with van der Waals surface area (Å²) in [5, 5.41) is 2.97. The van der Waals surface area contributed by atoms with Crippen molar-refractivity contribution in [3.8, 4) is 0 Å². The van der Waals surface area contributed by atoms with E-state index in [0.717, 1.165) is 0 Å². The van der Waals surface area contributed by atoms with E-state index in [1.165, 1.54) is 12.1 Å². The lowest BCUT2D eigenvalue weighted by atomic mass is 10.4. The number of pyridine rings is 1. The second-order valence-corrected chi connectivity index (χ2v) is 4.72. The van der Waals surface area contributed by atoms with Crippen LogP contribution in [0.15, 0.2) is 21.4 Å². The molecule has 1 aliphatic rings. The Morgan fingerprint density at radius 2 is 2.14 bits per heavy atom. The third-order valence-corrected chi connectivity index (χ3v) is 3.27. The van der Waals surface area contributed by atoms with Gasteiger partial charge in [0.15, 0.2) is 5.82 Å². The van der Waals surface area contributed by atoms with Gasteiger partial charge in [0, 0.05) is 0 Å². The lowest BCUT2D eigenvalue weighted by Gasteiger charge is -2.14. The Hall–Kier alpha value is -1.14. The van der Waals surface area contributed by atoms with Gasteiger partial charge in [0.2, 0.25) is 0 Å². The molecule has 1 aromatic heterocycles. The molecule has 5 nitrogen and oxygen atoms in total. The zero-order valence-corrected chi connectivity index (χ0v) is 8.72. The molecule has 14 heavy (non-hydrogen) atoms. The van der Waals surface area contributed by atoms with Crippen molar-refractivity contribution in [3.63, 3.8) is 0 Å². The summed E-state index contributed by atoms with van der Waals surface area (Å²) in [6.45, 7) is 1.54. The second-order valence-electron chi connectivity index (χ2n) is 2.76. The van der Waals surface area contributed by atoms with Crippen LogP contribution in [0.5, 0.6) is 0 Å². The van der Waals surface area contributed by atoms with Crippen molar-refractivity contribution in [2.45, 2.75) is 11.8 Å². The van der Waals surface area contributed by atoms with Crippen molar-refractivity contribution >= 4 is 33.3 Å². The Bertz CT molecular complexity index is 524. The molecule has 0 aromatic carbocycles. The van der Waals surface area contributed by atoms with Crippen LogP contribution in [0.4, 0.5) is 5.82 Å². The highest BCUT2D eigenvalue weighted by molar-refractivity contribution is 7.90. The maximum Gasteiger partial charge on any atom is 0.287 e. The Morgan fingerprint density at radius 1 is 1.43 bits per heavy atom. The van der Waals surface area contributed by atoms with Gasteiger partial charge < -0.3 is 5.32 Å². The molecule has 0 radical (unpaired) electrons. The van der Waals surface area contributed by atoms with Crippen molar-refractivity contribution in [1.82, 2.24) is 4.98 Å². The fourth-order valence-corrected chi connectivity index (χ4v) is 2.38. The molecule has 0 spiro atoms. The highest BCUT2D eigenvalue weighted by atomic mass is 35.5. The van der Waals surface area contributed by atoms with E-state index in [-0.39, 0.29) is 21.7 Å². The topological polar surface area (TPSA) is 71.4 Å². The van der Waals surface area contributed by atoms with E-state index >= 15 is 0 Å². The zero-order chi connectivity index (χ0) is 10.3. The molecule has 0 bridgehead atoms. The summed E-state index contributed by atoms with van der Waals surface area (Å²) >= 11 is 5.63. The van der Waals surface area contributed by atoms with Crippen LogP contribution in [-0.4, -0.2) is 19.2 Å². The number of fused-ring (bicyclic) bond motifs is 1. The van der Waals surface area contributed by atoms with E-state index < -0.39 is 10.0 Å². The van der Waals surface area contributed by atoms with Crippen molar-refractivity contribution < 1.29 is 8.42 Å². The number of rotatable bonds is 0. The minimum absolute atomic E-state index is 0.0486. The molecule has 0 saturated heterocycles. The fourth-order valence-electron chi connectivity index (χ4n) is 1.14. The monoisotopic (exact) mass is 231 g/mol. The van der Waals surface area contributed by atoms with Gasteiger partial charge in [-0.15, -0.1) is 4.40 Å². The summed E-state index contributed by atoms with van der Waals surface area (Å²) in [5.74, 6) is 0.511. The van der Waals surface area contributed by atoms with E-state index in [1.807, 2.05) is 0 Å². The third kappa shape index (κ3) is 1.46. The number of aromatic nitrogens is 1. The molecule has 0 amide bonds. The van der Waals surface area contributed by atoms with Crippen LogP contribution in [0.3, 0.4) is 0 Å². The molecule has 7 heteroatoms. The number of nitrogens with zero attached hydrogens (tertiary/aromatic N) is 2. The molecule has 1 N–H and O–H groups in total. The van der Waals surface area contributed by atoms with Crippen LogP contribution < -0.4 is 5.32 Å². The van der Waals surface area contributed by atoms with Crippen LogP contribution in [-0.2, 0) is 10.0 Å². The zero-order valence-electron chi connectivity index (χ0n) is 7.15. The molecule has 0 unspecified atom stereocenters. The third-order valence-electron chi connectivity index (χ3n) is 1.66. The number of hydrogen-bond donors (Lipinski definition) is 1. The summed E-state index contributed by atoms with van der Waals surface area (Å²) < 4.78 is 26.4. The first-order valence-electron chi connectivity index (χ1n) is 3.74. The van der Waals surface area contributed by atoms with Crippen LogP contribution in [0.2, 0.25) is 5.15 Å². The second kappa shape index (κ2) is 2.93. The molecular formula is C7H6ClN3O2S. The summed E-state index contributed by atoms with van der Waals surface area (Å²) in [6.07, 6.45) is 0. The van der Waals surface area contributed by atoms with Crippen LogP contribution in [0, 0.1) is 0 Å². The van der Waals surface area contributed by atoms with Crippen molar-refractivity contribution in [2.24, 2.45) is 4.40 Å². The van der Waals surface area contributed by atoms with Gasteiger partial charge in [0.25, 0.3) is 10.0 Å². The molecule has 2 rings (SSSR count). The summed E-state index contributed by atoms with van der Waals surface area (Å²) in [6, 6.07) is 2.79. The molecule has 1 aliphatic heterocycles. The summed E-state index contributed by atoms with van der Waals surface area (Å²) in [4.78, 5) is 3.90. The Kier molecular flexibility index (Phi) is 1.97. The average Bonchev–Trinajstić information content (AvgIpc) is 2.00.